The first kappa shape index (κ1) is 20.2. The Balaban J connectivity index is 1.96. The fourth-order valence-electron chi connectivity index (χ4n) is 4.11. The van der Waals surface area contributed by atoms with Gasteiger partial charge < -0.3 is 5.11 Å². The van der Waals surface area contributed by atoms with E-state index in [0.29, 0.717) is 5.75 Å². The van der Waals surface area contributed by atoms with Crippen LogP contribution in [-0.4, -0.2) is 5.11 Å². The molecule has 0 bridgehead atoms. The summed E-state index contributed by atoms with van der Waals surface area (Å²) in [4.78, 5) is 0. The van der Waals surface area contributed by atoms with Gasteiger partial charge in [-0.15, -0.1) is 0 Å². The fourth-order valence-corrected chi connectivity index (χ4v) is 4.11. The van der Waals surface area contributed by atoms with Gasteiger partial charge in [-0.05, 0) is 123 Å². The zero-order valence-corrected chi connectivity index (χ0v) is 18.3. The molecule has 0 atom stereocenters. The monoisotopic (exact) mass is 372 g/mol. The van der Waals surface area contributed by atoms with E-state index in [0.717, 1.165) is 24.0 Å². The van der Waals surface area contributed by atoms with Crippen LogP contribution in [0.1, 0.15) is 61.2 Å². The highest BCUT2D eigenvalue weighted by atomic mass is 16.3. The molecule has 0 saturated carbocycles. The molecule has 0 aliphatic rings. The Kier molecular flexibility index (Phi) is 5.65. The lowest BCUT2D eigenvalue weighted by molar-refractivity contribution is 0.466. The van der Waals surface area contributed by atoms with E-state index >= 15 is 0 Å². The molecule has 0 aliphatic heterocycles. The van der Waals surface area contributed by atoms with Gasteiger partial charge in [0.25, 0.3) is 0 Å². The minimum absolute atomic E-state index is 0.412. The number of phenolic OH excluding ortho intramolecular Hbond substituents is 1. The van der Waals surface area contributed by atoms with Crippen LogP contribution in [0.15, 0.2) is 36.4 Å². The van der Waals surface area contributed by atoms with Crippen LogP contribution < -0.4 is 0 Å². The summed E-state index contributed by atoms with van der Waals surface area (Å²) < 4.78 is 0. The quantitative estimate of drug-likeness (QED) is 0.538. The normalized spacial score (nSPS) is 11.1. The molecular weight excluding hydrogens is 340 g/mol. The van der Waals surface area contributed by atoms with Gasteiger partial charge in [0.2, 0.25) is 0 Å². The molecule has 0 amide bonds. The van der Waals surface area contributed by atoms with E-state index < -0.39 is 0 Å². The van der Waals surface area contributed by atoms with Crippen molar-refractivity contribution < 1.29 is 5.11 Å². The van der Waals surface area contributed by atoms with Crippen LogP contribution in [0.25, 0.3) is 0 Å². The van der Waals surface area contributed by atoms with Gasteiger partial charge in [-0.2, -0.15) is 0 Å². The first-order chi connectivity index (χ1) is 13.2. The molecular formula is C27H32O. The minimum atomic E-state index is 0.412. The number of benzene rings is 3. The lowest BCUT2D eigenvalue weighted by Gasteiger charge is -2.16. The number of aromatic hydroxyl groups is 1. The Morgan fingerprint density at radius 2 is 0.893 bits per heavy atom. The lowest BCUT2D eigenvalue weighted by atomic mass is 9.89. The second-order valence-electron chi connectivity index (χ2n) is 8.50. The Bertz CT molecular complexity index is 1020. The summed E-state index contributed by atoms with van der Waals surface area (Å²) in [5.41, 5.74) is 14.1. The molecule has 0 fully saturated rings. The Hall–Kier alpha value is -2.54. The van der Waals surface area contributed by atoms with Crippen molar-refractivity contribution in [3.8, 4) is 5.75 Å². The fraction of sp³-hybridized carbons (Fsp3) is 0.333. The smallest absolute Gasteiger partial charge is 0.121 e. The lowest BCUT2D eigenvalue weighted by Crippen LogP contribution is -2.01. The molecule has 0 radical (unpaired) electrons. The third-order valence-corrected chi connectivity index (χ3v) is 6.07. The van der Waals surface area contributed by atoms with E-state index in [1.807, 2.05) is 13.8 Å². The van der Waals surface area contributed by atoms with Crippen LogP contribution in [0.5, 0.6) is 5.75 Å². The highest BCUT2D eigenvalue weighted by molar-refractivity contribution is 5.47. The van der Waals surface area contributed by atoms with Gasteiger partial charge in [-0.25, -0.2) is 0 Å². The van der Waals surface area contributed by atoms with E-state index in [1.54, 1.807) is 0 Å². The molecule has 1 heteroatoms. The van der Waals surface area contributed by atoms with E-state index in [2.05, 4.69) is 71.0 Å². The van der Waals surface area contributed by atoms with Gasteiger partial charge in [0, 0.05) is 0 Å². The van der Waals surface area contributed by atoms with E-state index in [-0.39, 0.29) is 0 Å². The standard InChI is InChI=1S/C27H32O/c1-16-8-18(3)24(12-17(16)2)14-26-15-25(19(4)9-20(26)5)13-23-10-21(6)27(28)22(7)11-23/h8-12,15,28H,13-14H2,1-7H3. The maximum absolute atomic E-state index is 10.1. The average Bonchev–Trinajstić information content (AvgIpc) is 2.61. The van der Waals surface area contributed by atoms with Crippen molar-refractivity contribution >= 4 is 0 Å². The number of phenols is 1. The molecule has 3 aromatic rings. The molecule has 0 unspecified atom stereocenters. The predicted octanol–water partition coefficient (Wildman–Crippen LogP) is 6.73. The predicted molar refractivity (Wildman–Crippen MR) is 120 cm³/mol. The van der Waals surface area contributed by atoms with Crippen molar-refractivity contribution in [2.45, 2.75) is 61.3 Å². The number of rotatable bonds is 4. The number of aryl methyl sites for hydroxylation is 7. The Morgan fingerprint density at radius 1 is 0.464 bits per heavy atom. The van der Waals surface area contributed by atoms with Gasteiger partial charge in [-0.3, -0.25) is 0 Å². The zero-order chi connectivity index (χ0) is 20.6. The summed E-state index contributed by atoms with van der Waals surface area (Å²) in [6, 6.07) is 13.6. The minimum Gasteiger partial charge on any atom is -0.507 e. The topological polar surface area (TPSA) is 20.2 Å². The number of hydrogen-bond donors (Lipinski definition) is 1. The van der Waals surface area contributed by atoms with Gasteiger partial charge in [0.15, 0.2) is 0 Å². The highest BCUT2D eigenvalue weighted by Gasteiger charge is 2.11. The SMILES string of the molecule is Cc1cc(C)c(Cc2cc(Cc3cc(C)c(O)c(C)c3)c(C)cc2C)cc1C. The molecule has 0 heterocycles. The van der Waals surface area contributed by atoms with Crippen molar-refractivity contribution in [1.29, 1.82) is 0 Å². The van der Waals surface area contributed by atoms with Crippen LogP contribution in [0, 0.1) is 48.5 Å². The van der Waals surface area contributed by atoms with Gasteiger partial charge in [-0.1, -0.05) is 36.4 Å². The molecule has 0 saturated heterocycles. The second-order valence-corrected chi connectivity index (χ2v) is 8.50. The first-order valence-electron chi connectivity index (χ1n) is 10.1. The van der Waals surface area contributed by atoms with Gasteiger partial charge >= 0.3 is 0 Å². The Labute approximate surface area is 170 Å². The van der Waals surface area contributed by atoms with Crippen LogP contribution >= 0.6 is 0 Å². The Morgan fingerprint density at radius 3 is 1.46 bits per heavy atom. The van der Waals surface area contributed by atoms with Crippen molar-refractivity contribution in [2.75, 3.05) is 0 Å². The molecule has 28 heavy (non-hydrogen) atoms. The summed E-state index contributed by atoms with van der Waals surface area (Å²) in [6.07, 6.45) is 1.87. The summed E-state index contributed by atoms with van der Waals surface area (Å²) in [7, 11) is 0. The van der Waals surface area contributed by atoms with Crippen molar-refractivity contribution in [3.63, 3.8) is 0 Å². The molecule has 1 N–H and O–H groups in total. The van der Waals surface area contributed by atoms with Crippen molar-refractivity contribution in [3.05, 3.63) is 97.6 Å². The average molecular weight is 373 g/mol. The van der Waals surface area contributed by atoms with E-state index in [9.17, 15) is 5.11 Å². The molecule has 146 valence electrons. The molecule has 3 aromatic carbocycles. The highest BCUT2D eigenvalue weighted by Crippen LogP contribution is 2.27. The summed E-state index contributed by atoms with van der Waals surface area (Å²) in [5.74, 6) is 0.412. The van der Waals surface area contributed by atoms with Gasteiger partial charge in [0.1, 0.15) is 5.75 Å². The zero-order valence-electron chi connectivity index (χ0n) is 18.3. The van der Waals surface area contributed by atoms with Gasteiger partial charge in [0.05, 0.1) is 0 Å². The summed E-state index contributed by atoms with van der Waals surface area (Å²) in [5, 5.41) is 10.1. The number of hydrogen-bond acceptors (Lipinski definition) is 1. The molecule has 0 aromatic heterocycles. The first-order valence-corrected chi connectivity index (χ1v) is 10.1. The maximum Gasteiger partial charge on any atom is 0.121 e. The van der Waals surface area contributed by atoms with E-state index in [1.165, 1.54) is 50.1 Å². The molecule has 1 nitrogen and oxygen atoms in total. The van der Waals surface area contributed by atoms with Crippen molar-refractivity contribution in [2.24, 2.45) is 0 Å². The maximum atomic E-state index is 10.1. The van der Waals surface area contributed by atoms with Crippen LogP contribution in [0.3, 0.4) is 0 Å². The third kappa shape index (κ3) is 4.14. The molecule has 3 rings (SSSR count). The summed E-state index contributed by atoms with van der Waals surface area (Å²) >= 11 is 0. The van der Waals surface area contributed by atoms with Crippen molar-refractivity contribution in [1.82, 2.24) is 0 Å². The molecule has 0 spiro atoms. The second kappa shape index (κ2) is 7.83. The van der Waals surface area contributed by atoms with Crippen LogP contribution in [-0.2, 0) is 12.8 Å². The largest absolute Gasteiger partial charge is 0.507 e. The molecule has 0 aliphatic carbocycles. The third-order valence-electron chi connectivity index (χ3n) is 6.07. The summed E-state index contributed by atoms with van der Waals surface area (Å²) in [6.45, 7) is 15.0. The van der Waals surface area contributed by atoms with Crippen LogP contribution in [0.2, 0.25) is 0 Å². The van der Waals surface area contributed by atoms with E-state index in [4.69, 9.17) is 0 Å². The van der Waals surface area contributed by atoms with Crippen LogP contribution in [0.4, 0.5) is 0 Å².